The minimum absolute atomic E-state index is 0.0503. The van der Waals surface area contributed by atoms with Gasteiger partial charge in [-0.2, -0.15) is 8.42 Å². The SMILES string of the molecule is [N-]=[N+]=NC1CCN(C(=O)OCc2ccccc2)CC1OS(=O)(=O)Cc1ccccc1. The molecule has 0 N–H and O–H groups in total. The number of piperidine rings is 1. The van der Waals surface area contributed by atoms with Crippen molar-refractivity contribution in [2.45, 2.75) is 30.9 Å². The Kier molecular flexibility index (Phi) is 7.29. The van der Waals surface area contributed by atoms with Gasteiger partial charge >= 0.3 is 6.09 Å². The number of hydrogen-bond acceptors (Lipinski definition) is 6. The molecule has 0 spiro atoms. The van der Waals surface area contributed by atoms with E-state index in [1.807, 2.05) is 30.3 Å². The molecule has 1 fully saturated rings. The van der Waals surface area contributed by atoms with Gasteiger partial charge in [0.15, 0.2) is 0 Å². The molecule has 0 aromatic heterocycles. The Morgan fingerprint density at radius 3 is 2.37 bits per heavy atom. The highest BCUT2D eigenvalue weighted by Crippen LogP contribution is 2.22. The van der Waals surface area contributed by atoms with E-state index in [0.717, 1.165) is 5.56 Å². The van der Waals surface area contributed by atoms with E-state index in [0.29, 0.717) is 5.56 Å². The van der Waals surface area contributed by atoms with Gasteiger partial charge in [-0.25, -0.2) is 4.79 Å². The van der Waals surface area contributed by atoms with Crippen LogP contribution in [0, 0.1) is 0 Å². The molecule has 2 atom stereocenters. The molecule has 3 rings (SSSR count). The van der Waals surface area contributed by atoms with E-state index in [4.69, 9.17) is 14.5 Å². The lowest BCUT2D eigenvalue weighted by Gasteiger charge is -2.35. The van der Waals surface area contributed by atoms with Gasteiger partial charge in [-0.05, 0) is 23.1 Å². The van der Waals surface area contributed by atoms with E-state index in [1.165, 1.54) is 4.90 Å². The molecule has 1 saturated heterocycles. The number of benzene rings is 2. The summed E-state index contributed by atoms with van der Waals surface area (Å²) in [4.78, 5) is 16.6. The molecule has 1 aliphatic rings. The number of carbonyl (C=O) groups excluding carboxylic acids is 1. The number of hydrogen-bond donors (Lipinski definition) is 0. The van der Waals surface area contributed by atoms with Crippen LogP contribution in [0.25, 0.3) is 10.4 Å². The maximum absolute atomic E-state index is 12.5. The molecule has 0 aliphatic carbocycles. The zero-order valence-electron chi connectivity index (χ0n) is 16.2. The number of likely N-dealkylation sites (tertiary alicyclic amines) is 1. The lowest BCUT2D eigenvalue weighted by atomic mass is 10.0. The van der Waals surface area contributed by atoms with Crippen molar-refractivity contribution in [3.8, 4) is 0 Å². The summed E-state index contributed by atoms with van der Waals surface area (Å²) in [5.41, 5.74) is 10.2. The smallest absolute Gasteiger partial charge is 0.410 e. The number of rotatable bonds is 7. The standard InChI is InChI=1S/C20H22N4O5S/c21-23-22-18-11-12-24(20(25)28-14-16-7-3-1-4-8-16)13-19(18)29-30(26,27)15-17-9-5-2-6-10-17/h1-10,18-19H,11-15H2. The lowest BCUT2D eigenvalue weighted by molar-refractivity contribution is 0.0486. The van der Waals surface area contributed by atoms with Crippen molar-refractivity contribution in [2.75, 3.05) is 13.1 Å². The van der Waals surface area contributed by atoms with Crippen LogP contribution < -0.4 is 0 Å². The number of azide groups is 1. The molecule has 0 saturated carbocycles. The van der Waals surface area contributed by atoms with Crippen LogP contribution in [0.3, 0.4) is 0 Å². The van der Waals surface area contributed by atoms with Crippen LogP contribution in [0.2, 0.25) is 0 Å². The number of carbonyl (C=O) groups is 1. The Bertz CT molecular complexity index is 994. The van der Waals surface area contributed by atoms with E-state index < -0.39 is 28.4 Å². The topological polar surface area (TPSA) is 122 Å². The summed E-state index contributed by atoms with van der Waals surface area (Å²) in [5, 5.41) is 3.66. The van der Waals surface area contributed by atoms with Gasteiger partial charge in [0.2, 0.25) is 0 Å². The van der Waals surface area contributed by atoms with Crippen molar-refractivity contribution >= 4 is 16.2 Å². The Morgan fingerprint density at radius 1 is 1.10 bits per heavy atom. The van der Waals surface area contributed by atoms with Gasteiger partial charge in [-0.15, -0.1) is 0 Å². The zero-order chi connectivity index (χ0) is 21.4. The summed E-state index contributed by atoms with van der Waals surface area (Å²) in [6.07, 6.45) is -1.28. The Hall–Kier alpha value is -3.07. The van der Waals surface area contributed by atoms with E-state index in [9.17, 15) is 13.2 Å². The first kappa shape index (κ1) is 21.6. The van der Waals surface area contributed by atoms with Gasteiger partial charge in [0.25, 0.3) is 10.1 Å². The van der Waals surface area contributed by atoms with E-state index in [2.05, 4.69) is 10.0 Å². The monoisotopic (exact) mass is 430 g/mol. The van der Waals surface area contributed by atoms with Gasteiger partial charge in [0.1, 0.15) is 18.5 Å². The van der Waals surface area contributed by atoms with Crippen LogP contribution in [0.1, 0.15) is 17.5 Å². The second-order valence-corrected chi connectivity index (χ2v) is 8.47. The van der Waals surface area contributed by atoms with Gasteiger partial charge in [0, 0.05) is 11.5 Å². The van der Waals surface area contributed by atoms with Crippen molar-refractivity contribution < 1.29 is 22.1 Å². The van der Waals surface area contributed by atoms with Gasteiger partial charge in [-0.1, -0.05) is 65.8 Å². The maximum Gasteiger partial charge on any atom is 0.410 e. The Morgan fingerprint density at radius 2 is 1.73 bits per heavy atom. The molecule has 2 aromatic carbocycles. The minimum atomic E-state index is -3.95. The largest absolute Gasteiger partial charge is 0.445 e. The Labute approximate surface area is 175 Å². The normalized spacial score (nSPS) is 19.0. The molecular weight excluding hydrogens is 408 g/mol. The first-order chi connectivity index (χ1) is 14.5. The van der Waals surface area contributed by atoms with Crippen molar-refractivity contribution in [3.63, 3.8) is 0 Å². The molecule has 2 aromatic rings. The third kappa shape index (κ3) is 6.21. The molecule has 9 nitrogen and oxygen atoms in total. The molecule has 158 valence electrons. The Balaban J connectivity index is 1.64. The predicted octanol–water partition coefficient (Wildman–Crippen LogP) is 3.62. The van der Waals surface area contributed by atoms with E-state index in [-0.39, 0.29) is 31.9 Å². The first-order valence-electron chi connectivity index (χ1n) is 9.41. The molecule has 0 bridgehead atoms. The summed E-state index contributed by atoms with van der Waals surface area (Å²) in [5.74, 6) is -0.314. The molecule has 1 heterocycles. The molecule has 1 aliphatic heterocycles. The maximum atomic E-state index is 12.5. The summed E-state index contributed by atoms with van der Waals surface area (Å²) >= 11 is 0. The van der Waals surface area contributed by atoms with Crippen LogP contribution >= 0.6 is 0 Å². The average molecular weight is 430 g/mol. The first-order valence-corrected chi connectivity index (χ1v) is 11.0. The van der Waals surface area contributed by atoms with Gasteiger partial charge < -0.3 is 9.64 Å². The molecular formula is C20H22N4O5S. The quantitative estimate of drug-likeness (QED) is 0.287. The van der Waals surface area contributed by atoms with E-state index in [1.54, 1.807) is 30.3 Å². The highest BCUT2D eigenvalue weighted by Gasteiger charge is 2.35. The van der Waals surface area contributed by atoms with Crippen LogP contribution in [0.15, 0.2) is 65.8 Å². The second-order valence-electron chi connectivity index (χ2n) is 6.87. The third-order valence-corrected chi connectivity index (χ3v) is 5.87. The fourth-order valence-electron chi connectivity index (χ4n) is 3.17. The number of nitrogens with zero attached hydrogens (tertiary/aromatic N) is 4. The summed E-state index contributed by atoms with van der Waals surface area (Å²) < 4.78 is 35.7. The second kappa shape index (κ2) is 10.1. The van der Waals surface area contributed by atoms with Crippen LogP contribution in [-0.4, -0.2) is 44.6 Å². The van der Waals surface area contributed by atoms with Gasteiger partial charge in [-0.3, -0.25) is 4.18 Å². The lowest BCUT2D eigenvalue weighted by Crippen LogP contribution is -2.50. The molecule has 0 radical (unpaired) electrons. The van der Waals surface area contributed by atoms with Crippen LogP contribution in [-0.2, 0) is 31.4 Å². The molecule has 1 amide bonds. The molecule has 10 heteroatoms. The third-order valence-electron chi connectivity index (χ3n) is 4.64. The zero-order valence-corrected chi connectivity index (χ0v) is 17.0. The van der Waals surface area contributed by atoms with Crippen LogP contribution in [0.5, 0.6) is 0 Å². The molecule has 30 heavy (non-hydrogen) atoms. The average Bonchev–Trinajstić information content (AvgIpc) is 2.74. The fraction of sp³-hybridized carbons (Fsp3) is 0.350. The highest BCUT2D eigenvalue weighted by molar-refractivity contribution is 7.85. The van der Waals surface area contributed by atoms with Crippen molar-refractivity contribution in [2.24, 2.45) is 5.11 Å². The summed E-state index contributed by atoms with van der Waals surface area (Å²) in [7, 11) is -3.95. The van der Waals surface area contributed by atoms with Crippen molar-refractivity contribution in [1.82, 2.24) is 4.90 Å². The van der Waals surface area contributed by atoms with Crippen LogP contribution in [0.4, 0.5) is 4.79 Å². The highest BCUT2D eigenvalue weighted by atomic mass is 32.2. The summed E-state index contributed by atoms with van der Waals surface area (Å²) in [6, 6.07) is 17.1. The summed E-state index contributed by atoms with van der Waals surface area (Å²) in [6.45, 7) is 0.328. The molecule has 2 unspecified atom stereocenters. The fourth-order valence-corrected chi connectivity index (χ4v) is 4.41. The number of amides is 1. The van der Waals surface area contributed by atoms with Gasteiger partial charge in [0.05, 0.1) is 12.6 Å². The predicted molar refractivity (Wildman–Crippen MR) is 110 cm³/mol. The van der Waals surface area contributed by atoms with E-state index >= 15 is 0 Å². The minimum Gasteiger partial charge on any atom is -0.445 e. The van der Waals surface area contributed by atoms with Crippen molar-refractivity contribution in [1.29, 1.82) is 0 Å². The number of ether oxygens (including phenoxy) is 1. The van der Waals surface area contributed by atoms with Crippen molar-refractivity contribution in [3.05, 3.63) is 82.2 Å².